The molecule has 1 heterocycles. The number of primary amides is 1. The Hall–Kier alpha value is -2.38. The molecule has 6 nitrogen and oxygen atoms in total. The summed E-state index contributed by atoms with van der Waals surface area (Å²) in [6.45, 7) is 1.18. The molecule has 8 heteroatoms. The minimum absolute atomic E-state index is 0.132. The van der Waals surface area contributed by atoms with Gasteiger partial charge in [-0.05, 0) is 42.0 Å². The van der Waals surface area contributed by atoms with Gasteiger partial charge in [0.05, 0.1) is 24.0 Å². The molecule has 2 aromatic carbocycles. The molecule has 0 fully saturated rings. The summed E-state index contributed by atoms with van der Waals surface area (Å²) < 4.78 is 11.3. The Morgan fingerprint density at radius 3 is 2.63 bits per heavy atom. The Kier molecular flexibility index (Phi) is 6.47. The average Bonchev–Trinajstić information content (AvgIpc) is 2.88. The maximum atomic E-state index is 12.1. The molecule has 3 rings (SSSR count). The molecule has 0 spiro atoms. The van der Waals surface area contributed by atoms with Gasteiger partial charge in [0.25, 0.3) is 0 Å². The molecule has 1 aliphatic heterocycles. The Balaban J connectivity index is 1.52. The van der Waals surface area contributed by atoms with Crippen LogP contribution in [0, 0.1) is 0 Å². The first-order valence-electron chi connectivity index (χ1n) is 8.38. The number of hydrogen-bond donors (Lipinski definition) is 2. The summed E-state index contributed by atoms with van der Waals surface area (Å²) in [6.07, 6.45) is 0.815. The van der Waals surface area contributed by atoms with Gasteiger partial charge in [0.15, 0.2) is 11.5 Å². The predicted molar refractivity (Wildman–Crippen MR) is 107 cm³/mol. The minimum Gasteiger partial charge on any atom is -0.489 e. The summed E-state index contributed by atoms with van der Waals surface area (Å²) in [5, 5.41) is 3.30. The van der Waals surface area contributed by atoms with Crippen molar-refractivity contribution in [2.24, 2.45) is 5.73 Å². The van der Waals surface area contributed by atoms with Crippen molar-refractivity contribution in [2.45, 2.75) is 12.2 Å². The number of rotatable bonds is 6. The van der Waals surface area contributed by atoms with Crippen LogP contribution in [0.3, 0.4) is 0 Å². The van der Waals surface area contributed by atoms with Crippen LogP contribution < -0.4 is 20.5 Å². The number of benzene rings is 2. The molecule has 3 N–H and O–H groups in total. The van der Waals surface area contributed by atoms with Crippen molar-refractivity contribution in [1.82, 2.24) is 0 Å². The van der Waals surface area contributed by atoms with Crippen molar-refractivity contribution in [1.29, 1.82) is 0 Å². The number of halogens is 1. The Morgan fingerprint density at radius 1 is 1.15 bits per heavy atom. The van der Waals surface area contributed by atoms with Gasteiger partial charge in [-0.1, -0.05) is 11.6 Å². The fourth-order valence-corrected chi connectivity index (χ4v) is 3.59. The van der Waals surface area contributed by atoms with E-state index in [1.54, 1.807) is 24.3 Å². The zero-order chi connectivity index (χ0) is 19.2. The normalized spacial score (nSPS) is 12.9. The third-order valence-electron chi connectivity index (χ3n) is 3.82. The van der Waals surface area contributed by atoms with Crippen molar-refractivity contribution < 1.29 is 19.1 Å². The van der Waals surface area contributed by atoms with E-state index < -0.39 is 5.91 Å². The molecule has 27 heavy (non-hydrogen) atoms. The number of carbonyl (C=O) groups is 2. The second-order valence-electron chi connectivity index (χ2n) is 5.94. The van der Waals surface area contributed by atoms with E-state index in [9.17, 15) is 9.59 Å². The monoisotopic (exact) mass is 406 g/mol. The SMILES string of the molecule is NC(=O)c1ccc(NC(=O)CSCc2cc(Cl)c3c(c2)OCCCO3)cc1. The first-order chi connectivity index (χ1) is 13.0. The third kappa shape index (κ3) is 5.30. The number of carbonyl (C=O) groups excluding carboxylic acids is 2. The van der Waals surface area contributed by atoms with Crippen LogP contribution in [0.25, 0.3) is 0 Å². The summed E-state index contributed by atoms with van der Waals surface area (Å²) in [5.41, 5.74) is 7.17. The second-order valence-corrected chi connectivity index (χ2v) is 7.33. The van der Waals surface area contributed by atoms with Crippen molar-refractivity contribution in [3.63, 3.8) is 0 Å². The van der Waals surface area contributed by atoms with E-state index in [2.05, 4.69) is 5.32 Å². The summed E-state index contributed by atoms with van der Waals surface area (Å²) >= 11 is 7.74. The van der Waals surface area contributed by atoms with Gasteiger partial charge in [0.2, 0.25) is 11.8 Å². The number of fused-ring (bicyclic) bond motifs is 1. The zero-order valence-electron chi connectivity index (χ0n) is 14.5. The fourth-order valence-electron chi connectivity index (χ4n) is 2.54. The van der Waals surface area contributed by atoms with E-state index in [1.807, 2.05) is 12.1 Å². The summed E-state index contributed by atoms with van der Waals surface area (Å²) in [4.78, 5) is 23.1. The molecule has 0 unspecified atom stereocenters. The van der Waals surface area contributed by atoms with E-state index in [1.165, 1.54) is 11.8 Å². The maximum Gasteiger partial charge on any atom is 0.248 e. The van der Waals surface area contributed by atoms with Gasteiger partial charge in [-0.15, -0.1) is 11.8 Å². The molecule has 2 amide bonds. The van der Waals surface area contributed by atoms with Crippen LogP contribution in [0.15, 0.2) is 36.4 Å². The molecular weight excluding hydrogens is 388 g/mol. The fraction of sp³-hybridized carbons (Fsp3) is 0.263. The molecule has 0 saturated carbocycles. The molecule has 1 aliphatic rings. The van der Waals surface area contributed by atoms with Crippen LogP contribution in [0.5, 0.6) is 11.5 Å². The molecular formula is C19H19ClN2O4S. The highest BCUT2D eigenvalue weighted by atomic mass is 35.5. The van der Waals surface area contributed by atoms with Gasteiger partial charge in [-0.2, -0.15) is 0 Å². The highest BCUT2D eigenvalue weighted by molar-refractivity contribution is 7.99. The second kappa shape index (κ2) is 9.01. The molecule has 2 aromatic rings. The van der Waals surface area contributed by atoms with Gasteiger partial charge in [0.1, 0.15) is 0 Å². The lowest BCUT2D eigenvalue weighted by Crippen LogP contribution is -2.15. The molecule has 0 atom stereocenters. The van der Waals surface area contributed by atoms with Crippen LogP contribution in [0.4, 0.5) is 5.69 Å². The van der Waals surface area contributed by atoms with E-state index in [0.29, 0.717) is 46.7 Å². The lowest BCUT2D eigenvalue weighted by atomic mass is 10.2. The smallest absolute Gasteiger partial charge is 0.248 e. The summed E-state index contributed by atoms with van der Waals surface area (Å²) in [7, 11) is 0. The van der Waals surface area contributed by atoms with Crippen molar-refractivity contribution in [3.8, 4) is 11.5 Å². The van der Waals surface area contributed by atoms with E-state index >= 15 is 0 Å². The predicted octanol–water partition coefficient (Wildman–Crippen LogP) is 3.47. The van der Waals surface area contributed by atoms with Crippen molar-refractivity contribution in [3.05, 3.63) is 52.5 Å². The lowest BCUT2D eigenvalue weighted by molar-refractivity contribution is -0.113. The summed E-state index contributed by atoms with van der Waals surface area (Å²) in [6, 6.07) is 10.2. The molecule has 0 aromatic heterocycles. The van der Waals surface area contributed by atoms with Gasteiger partial charge < -0.3 is 20.5 Å². The quantitative estimate of drug-likeness (QED) is 0.766. The van der Waals surface area contributed by atoms with Crippen LogP contribution in [-0.4, -0.2) is 30.8 Å². The van der Waals surface area contributed by atoms with E-state index in [4.69, 9.17) is 26.8 Å². The Labute approximate surface area is 166 Å². The van der Waals surface area contributed by atoms with Gasteiger partial charge in [0, 0.05) is 23.4 Å². The zero-order valence-corrected chi connectivity index (χ0v) is 16.1. The average molecular weight is 407 g/mol. The highest BCUT2D eigenvalue weighted by Crippen LogP contribution is 2.38. The first-order valence-corrected chi connectivity index (χ1v) is 9.91. The number of anilines is 1. The molecule has 142 valence electrons. The van der Waals surface area contributed by atoms with Crippen LogP contribution >= 0.6 is 23.4 Å². The van der Waals surface area contributed by atoms with Crippen LogP contribution in [0.2, 0.25) is 5.02 Å². The standard InChI is InChI=1S/C19H19ClN2O4S/c20-15-8-12(9-16-18(15)26-7-1-6-25-16)10-27-11-17(23)22-14-4-2-13(3-5-14)19(21)24/h2-5,8-9H,1,6-7,10-11H2,(H2,21,24)(H,22,23). The van der Waals surface area contributed by atoms with Crippen LogP contribution in [0.1, 0.15) is 22.3 Å². The van der Waals surface area contributed by atoms with Gasteiger partial charge in [-0.3, -0.25) is 9.59 Å². The number of nitrogens with two attached hydrogens (primary N) is 1. The molecule has 0 aliphatic carbocycles. The first kappa shape index (κ1) is 19.4. The third-order valence-corrected chi connectivity index (χ3v) is 5.10. The summed E-state index contributed by atoms with van der Waals surface area (Å²) in [5.74, 6) is 1.49. The number of ether oxygens (including phenoxy) is 2. The van der Waals surface area contributed by atoms with E-state index in [0.717, 1.165) is 12.0 Å². The lowest BCUT2D eigenvalue weighted by Gasteiger charge is -2.11. The number of nitrogens with one attached hydrogen (secondary N) is 1. The molecule has 0 saturated heterocycles. The van der Waals surface area contributed by atoms with Crippen LogP contribution in [-0.2, 0) is 10.5 Å². The topological polar surface area (TPSA) is 90.7 Å². The van der Waals surface area contributed by atoms with Gasteiger partial charge >= 0.3 is 0 Å². The largest absolute Gasteiger partial charge is 0.489 e. The Morgan fingerprint density at radius 2 is 1.89 bits per heavy atom. The van der Waals surface area contributed by atoms with Crippen molar-refractivity contribution >= 4 is 40.9 Å². The highest BCUT2D eigenvalue weighted by Gasteiger charge is 2.15. The molecule has 0 bridgehead atoms. The number of hydrogen-bond acceptors (Lipinski definition) is 5. The van der Waals surface area contributed by atoms with Crippen molar-refractivity contribution in [2.75, 3.05) is 24.3 Å². The maximum absolute atomic E-state index is 12.1. The number of amides is 2. The van der Waals surface area contributed by atoms with Gasteiger partial charge in [-0.25, -0.2) is 0 Å². The minimum atomic E-state index is -0.503. The van der Waals surface area contributed by atoms with E-state index in [-0.39, 0.29) is 11.7 Å². The number of thioether (sulfide) groups is 1. The molecule has 0 radical (unpaired) electrons. The Bertz CT molecular complexity index is 842.